The first-order valence-corrected chi connectivity index (χ1v) is 6.57. The van der Waals surface area contributed by atoms with E-state index < -0.39 is 0 Å². The van der Waals surface area contributed by atoms with E-state index >= 15 is 0 Å². The van der Waals surface area contributed by atoms with Crippen LogP contribution in [-0.2, 0) is 4.79 Å². The molecule has 1 amide bonds. The molecule has 0 aromatic heterocycles. The summed E-state index contributed by atoms with van der Waals surface area (Å²) in [5.41, 5.74) is -0.214. The van der Waals surface area contributed by atoms with E-state index in [-0.39, 0.29) is 17.4 Å². The van der Waals surface area contributed by atoms with Gasteiger partial charge in [0.15, 0.2) is 0 Å². The second kappa shape index (κ2) is 6.61. The highest BCUT2D eigenvalue weighted by Crippen LogP contribution is 2.32. The molecule has 1 saturated heterocycles. The summed E-state index contributed by atoms with van der Waals surface area (Å²) in [6, 6.07) is 2.14. The Balaban J connectivity index is 2.62. The van der Waals surface area contributed by atoms with Gasteiger partial charge in [-0.15, -0.1) is 0 Å². The van der Waals surface area contributed by atoms with Crippen LogP contribution in [0.15, 0.2) is 0 Å². The van der Waals surface area contributed by atoms with Crippen molar-refractivity contribution in [1.82, 2.24) is 10.6 Å². The molecule has 0 aromatic carbocycles. The zero-order valence-corrected chi connectivity index (χ0v) is 10.9. The number of rotatable bonds is 5. The lowest BCUT2D eigenvalue weighted by Gasteiger charge is -2.36. The summed E-state index contributed by atoms with van der Waals surface area (Å²) in [5.74, 6) is 0.142. The number of nitrogens with zero attached hydrogens (tertiary/aromatic N) is 1. The minimum Gasteiger partial charge on any atom is -0.352 e. The molecule has 0 bridgehead atoms. The van der Waals surface area contributed by atoms with Gasteiger partial charge in [0.1, 0.15) is 0 Å². The highest BCUT2D eigenvalue weighted by Gasteiger charge is 2.38. The molecule has 2 N–H and O–H groups in total. The molecule has 4 heteroatoms. The van der Waals surface area contributed by atoms with Gasteiger partial charge in [-0.25, -0.2) is 0 Å². The average Bonchev–Trinajstić information content (AvgIpc) is 2.38. The van der Waals surface area contributed by atoms with E-state index in [1.165, 1.54) is 0 Å². The van der Waals surface area contributed by atoms with E-state index in [2.05, 4.69) is 23.6 Å². The summed E-state index contributed by atoms with van der Waals surface area (Å²) < 4.78 is 0. The second-order valence-corrected chi connectivity index (χ2v) is 4.82. The van der Waals surface area contributed by atoms with Crippen LogP contribution in [0.4, 0.5) is 0 Å². The Labute approximate surface area is 104 Å². The molecule has 1 unspecified atom stereocenters. The fourth-order valence-electron chi connectivity index (χ4n) is 2.39. The summed E-state index contributed by atoms with van der Waals surface area (Å²) in [6.07, 6.45) is 3.90. The van der Waals surface area contributed by atoms with Gasteiger partial charge in [0.25, 0.3) is 0 Å². The predicted molar refractivity (Wildman–Crippen MR) is 67.3 cm³/mol. The van der Waals surface area contributed by atoms with Crippen molar-refractivity contribution >= 4 is 5.91 Å². The third-order valence-electron chi connectivity index (χ3n) is 3.88. The Kier molecular flexibility index (Phi) is 5.43. The molecule has 0 spiro atoms. The molecular formula is C13H23N3O. The first-order chi connectivity index (χ1) is 8.18. The number of carbonyl (C=O) groups excluding carboxylic acids is 1. The van der Waals surface area contributed by atoms with Crippen LogP contribution in [0, 0.1) is 16.7 Å². The standard InChI is InChI=1S/C13H23N3O/c1-3-11(5-8-14)16-12(17)13(4-2)6-9-15-10-7-13/h11,15H,3-7,9-10H2,1-2H3,(H,16,17). The minimum absolute atomic E-state index is 0.00538. The van der Waals surface area contributed by atoms with Crippen molar-refractivity contribution in [3.05, 3.63) is 0 Å². The van der Waals surface area contributed by atoms with E-state index in [1.807, 2.05) is 6.92 Å². The van der Waals surface area contributed by atoms with Crippen molar-refractivity contribution in [2.75, 3.05) is 13.1 Å². The molecule has 0 aliphatic carbocycles. The Morgan fingerprint density at radius 3 is 2.59 bits per heavy atom. The van der Waals surface area contributed by atoms with Gasteiger partial charge < -0.3 is 10.6 Å². The van der Waals surface area contributed by atoms with Gasteiger partial charge in [0, 0.05) is 6.04 Å². The smallest absolute Gasteiger partial charge is 0.226 e. The van der Waals surface area contributed by atoms with E-state index in [0.29, 0.717) is 6.42 Å². The van der Waals surface area contributed by atoms with Crippen molar-refractivity contribution in [3.63, 3.8) is 0 Å². The minimum atomic E-state index is -0.214. The maximum atomic E-state index is 12.3. The Morgan fingerprint density at radius 1 is 1.47 bits per heavy atom. The van der Waals surface area contributed by atoms with Crippen molar-refractivity contribution < 1.29 is 4.79 Å². The van der Waals surface area contributed by atoms with Gasteiger partial charge in [0.2, 0.25) is 5.91 Å². The number of piperidine rings is 1. The van der Waals surface area contributed by atoms with Crippen LogP contribution in [0.1, 0.15) is 46.0 Å². The molecule has 17 heavy (non-hydrogen) atoms. The van der Waals surface area contributed by atoms with Crippen LogP contribution < -0.4 is 10.6 Å². The molecule has 1 rings (SSSR count). The van der Waals surface area contributed by atoms with Gasteiger partial charge in [-0.05, 0) is 38.8 Å². The average molecular weight is 237 g/mol. The summed E-state index contributed by atoms with van der Waals surface area (Å²) in [4.78, 5) is 12.3. The van der Waals surface area contributed by atoms with Crippen LogP contribution in [0.5, 0.6) is 0 Å². The van der Waals surface area contributed by atoms with Gasteiger partial charge in [-0.3, -0.25) is 4.79 Å². The second-order valence-electron chi connectivity index (χ2n) is 4.82. The first-order valence-electron chi connectivity index (χ1n) is 6.57. The lowest BCUT2D eigenvalue weighted by atomic mass is 9.75. The number of nitrogens with one attached hydrogen (secondary N) is 2. The molecule has 0 radical (unpaired) electrons. The first kappa shape index (κ1) is 14.0. The van der Waals surface area contributed by atoms with Gasteiger partial charge >= 0.3 is 0 Å². The number of amides is 1. The monoisotopic (exact) mass is 237 g/mol. The molecule has 96 valence electrons. The Bertz CT molecular complexity index is 290. The summed E-state index contributed by atoms with van der Waals surface area (Å²) >= 11 is 0. The largest absolute Gasteiger partial charge is 0.352 e. The normalized spacial score (nSPS) is 20.3. The molecule has 0 saturated carbocycles. The molecule has 1 aliphatic rings. The quantitative estimate of drug-likeness (QED) is 0.763. The SMILES string of the molecule is CCC(CC#N)NC(=O)C1(CC)CCNCC1. The highest BCUT2D eigenvalue weighted by molar-refractivity contribution is 5.83. The van der Waals surface area contributed by atoms with Gasteiger partial charge in [-0.1, -0.05) is 13.8 Å². The van der Waals surface area contributed by atoms with Crippen molar-refractivity contribution in [2.45, 2.75) is 52.0 Å². The zero-order valence-electron chi connectivity index (χ0n) is 10.9. The summed E-state index contributed by atoms with van der Waals surface area (Å²) in [5, 5.41) is 15.0. The van der Waals surface area contributed by atoms with Crippen molar-refractivity contribution in [2.24, 2.45) is 5.41 Å². The molecule has 1 heterocycles. The van der Waals surface area contributed by atoms with E-state index in [4.69, 9.17) is 5.26 Å². The van der Waals surface area contributed by atoms with E-state index in [0.717, 1.165) is 38.8 Å². The molecular weight excluding hydrogens is 214 g/mol. The molecule has 0 aromatic rings. The fourth-order valence-corrected chi connectivity index (χ4v) is 2.39. The Morgan fingerprint density at radius 2 is 2.12 bits per heavy atom. The number of hydrogen-bond acceptors (Lipinski definition) is 3. The van der Waals surface area contributed by atoms with Gasteiger partial charge in [0.05, 0.1) is 17.9 Å². The fraction of sp³-hybridized carbons (Fsp3) is 0.846. The lowest BCUT2D eigenvalue weighted by Crippen LogP contribution is -2.49. The third kappa shape index (κ3) is 3.44. The summed E-state index contributed by atoms with van der Waals surface area (Å²) in [7, 11) is 0. The Hall–Kier alpha value is -1.08. The predicted octanol–water partition coefficient (Wildman–Crippen LogP) is 1.57. The topological polar surface area (TPSA) is 64.9 Å². The van der Waals surface area contributed by atoms with Crippen molar-refractivity contribution in [3.8, 4) is 6.07 Å². The van der Waals surface area contributed by atoms with E-state index in [9.17, 15) is 4.79 Å². The van der Waals surface area contributed by atoms with Crippen LogP contribution >= 0.6 is 0 Å². The van der Waals surface area contributed by atoms with Gasteiger partial charge in [-0.2, -0.15) is 5.26 Å². The molecule has 1 atom stereocenters. The third-order valence-corrected chi connectivity index (χ3v) is 3.88. The molecule has 1 aliphatic heterocycles. The molecule has 1 fully saturated rings. The lowest BCUT2D eigenvalue weighted by molar-refractivity contribution is -0.133. The highest BCUT2D eigenvalue weighted by atomic mass is 16.2. The molecule has 4 nitrogen and oxygen atoms in total. The summed E-state index contributed by atoms with van der Waals surface area (Å²) in [6.45, 7) is 5.91. The zero-order chi connectivity index (χ0) is 12.7. The number of hydrogen-bond donors (Lipinski definition) is 2. The number of nitriles is 1. The van der Waals surface area contributed by atoms with E-state index in [1.54, 1.807) is 0 Å². The van der Waals surface area contributed by atoms with Crippen LogP contribution in [-0.4, -0.2) is 25.0 Å². The van der Waals surface area contributed by atoms with Crippen molar-refractivity contribution in [1.29, 1.82) is 5.26 Å². The maximum absolute atomic E-state index is 12.3. The maximum Gasteiger partial charge on any atom is 0.226 e. The number of carbonyl (C=O) groups is 1. The van der Waals surface area contributed by atoms with Crippen LogP contribution in [0.3, 0.4) is 0 Å². The van der Waals surface area contributed by atoms with Crippen LogP contribution in [0.25, 0.3) is 0 Å². The van der Waals surface area contributed by atoms with Crippen LogP contribution in [0.2, 0.25) is 0 Å².